The van der Waals surface area contributed by atoms with Gasteiger partial charge in [0.15, 0.2) is 5.78 Å². The summed E-state index contributed by atoms with van der Waals surface area (Å²) in [5, 5.41) is 0.682. The first-order valence-corrected chi connectivity index (χ1v) is 7.09. The topological polar surface area (TPSA) is 20.3 Å². The smallest absolute Gasteiger partial charge is 0.159 e. The molecule has 102 valence electrons. The zero-order valence-corrected chi connectivity index (χ0v) is 12.4. The fourth-order valence-electron chi connectivity index (χ4n) is 2.70. The van der Waals surface area contributed by atoms with Gasteiger partial charge in [-0.2, -0.15) is 0 Å². The number of anilines is 1. The van der Waals surface area contributed by atoms with Crippen LogP contribution in [0.25, 0.3) is 11.1 Å². The Morgan fingerprint density at radius 1 is 1.20 bits per heavy atom. The maximum atomic E-state index is 11.5. The molecule has 0 spiro atoms. The molecule has 0 atom stereocenters. The number of rotatable bonds is 2. The zero-order chi connectivity index (χ0) is 14.3. The largest absolute Gasteiger partial charge is 0.374 e. The molecular weight excluding hydrogens is 270 g/mol. The second-order valence-corrected chi connectivity index (χ2v) is 5.67. The second-order valence-electron chi connectivity index (χ2n) is 5.27. The highest BCUT2D eigenvalue weighted by molar-refractivity contribution is 6.33. The van der Waals surface area contributed by atoms with Crippen LogP contribution in [0.15, 0.2) is 36.4 Å². The number of carbonyl (C=O) groups excluding carboxylic acids is 1. The van der Waals surface area contributed by atoms with Crippen molar-refractivity contribution in [2.45, 2.75) is 13.3 Å². The third-order valence-corrected chi connectivity index (χ3v) is 4.22. The standard InChI is InChI=1S/C17H16ClNO/c1-11(20)12-3-5-16(18)15(10-12)13-4-6-17-14(9-13)7-8-19(17)2/h3-6,9-10H,7-8H2,1-2H3. The zero-order valence-electron chi connectivity index (χ0n) is 11.6. The van der Waals surface area contributed by atoms with Crippen molar-refractivity contribution in [3.05, 3.63) is 52.5 Å². The molecule has 3 heteroatoms. The molecule has 2 aromatic carbocycles. The number of Topliss-reactive ketones (excluding diaryl/α,β-unsaturated/α-hetero) is 1. The molecule has 0 bridgehead atoms. The highest BCUT2D eigenvalue weighted by atomic mass is 35.5. The molecule has 0 aliphatic carbocycles. The van der Waals surface area contributed by atoms with Crippen molar-refractivity contribution in [2.75, 3.05) is 18.5 Å². The Labute approximate surface area is 124 Å². The monoisotopic (exact) mass is 285 g/mol. The van der Waals surface area contributed by atoms with Crippen LogP contribution in [-0.4, -0.2) is 19.4 Å². The molecule has 0 saturated carbocycles. The van der Waals surface area contributed by atoms with Crippen LogP contribution in [0.3, 0.4) is 0 Å². The van der Waals surface area contributed by atoms with Crippen molar-refractivity contribution in [3.8, 4) is 11.1 Å². The maximum Gasteiger partial charge on any atom is 0.159 e. The fraction of sp³-hybridized carbons (Fsp3) is 0.235. The average Bonchev–Trinajstić information content (AvgIpc) is 2.80. The molecule has 2 aromatic rings. The second kappa shape index (κ2) is 4.95. The molecular formula is C17H16ClNO. The normalized spacial score (nSPS) is 13.4. The molecule has 0 unspecified atom stereocenters. The first kappa shape index (κ1) is 13.2. The SMILES string of the molecule is CC(=O)c1ccc(Cl)c(-c2ccc3c(c2)CCN3C)c1. The Morgan fingerprint density at radius 2 is 2.00 bits per heavy atom. The van der Waals surface area contributed by atoms with Crippen molar-refractivity contribution < 1.29 is 4.79 Å². The lowest BCUT2D eigenvalue weighted by atomic mass is 9.99. The number of fused-ring (bicyclic) bond motifs is 1. The van der Waals surface area contributed by atoms with E-state index in [-0.39, 0.29) is 5.78 Å². The van der Waals surface area contributed by atoms with Crippen molar-refractivity contribution in [3.63, 3.8) is 0 Å². The number of likely N-dealkylation sites (N-methyl/N-ethyl adjacent to an activating group) is 1. The van der Waals surface area contributed by atoms with Gasteiger partial charge < -0.3 is 4.90 Å². The fourth-order valence-corrected chi connectivity index (χ4v) is 2.93. The van der Waals surface area contributed by atoms with E-state index in [0.717, 1.165) is 24.1 Å². The number of nitrogens with zero attached hydrogens (tertiary/aromatic N) is 1. The molecule has 1 heterocycles. The Bertz CT molecular complexity index is 693. The number of benzene rings is 2. The first-order chi connectivity index (χ1) is 9.56. The molecule has 0 aromatic heterocycles. The molecule has 3 rings (SSSR count). The van der Waals surface area contributed by atoms with Crippen LogP contribution in [0.5, 0.6) is 0 Å². The Morgan fingerprint density at radius 3 is 2.75 bits per heavy atom. The number of hydrogen-bond donors (Lipinski definition) is 0. The average molecular weight is 286 g/mol. The van der Waals surface area contributed by atoms with Crippen molar-refractivity contribution in [1.29, 1.82) is 0 Å². The van der Waals surface area contributed by atoms with E-state index >= 15 is 0 Å². The number of hydrogen-bond acceptors (Lipinski definition) is 2. The van der Waals surface area contributed by atoms with Crippen LogP contribution < -0.4 is 4.90 Å². The Kier molecular flexibility index (Phi) is 3.27. The predicted molar refractivity (Wildman–Crippen MR) is 83.9 cm³/mol. The summed E-state index contributed by atoms with van der Waals surface area (Å²) in [6, 6.07) is 11.8. The highest BCUT2D eigenvalue weighted by Crippen LogP contribution is 2.34. The van der Waals surface area contributed by atoms with Gasteiger partial charge in [-0.05, 0) is 54.8 Å². The van der Waals surface area contributed by atoms with E-state index in [9.17, 15) is 4.79 Å². The van der Waals surface area contributed by atoms with Crippen molar-refractivity contribution >= 4 is 23.1 Å². The van der Waals surface area contributed by atoms with Gasteiger partial charge in [0, 0.05) is 35.4 Å². The molecule has 1 aliphatic rings. The van der Waals surface area contributed by atoms with Crippen LogP contribution in [0.1, 0.15) is 22.8 Å². The summed E-state index contributed by atoms with van der Waals surface area (Å²) in [6.45, 7) is 2.63. The van der Waals surface area contributed by atoms with E-state index in [1.807, 2.05) is 6.07 Å². The number of carbonyl (C=O) groups is 1. The molecule has 2 nitrogen and oxygen atoms in total. The summed E-state index contributed by atoms with van der Waals surface area (Å²) in [4.78, 5) is 13.8. The summed E-state index contributed by atoms with van der Waals surface area (Å²) in [6.07, 6.45) is 1.06. The van der Waals surface area contributed by atoms with E-state index < -0.39 is 0 Å². The Hall–Kier alpha value is -1.80. The van der Waals surface area contributed by atoms with E-state index in [1.54, 1.807) is 19.1 Å². The quantitative estimate of drug-likeness (QED) is 0.771. The lowest BCUT2D eigenvalue weighted by Crippen LogP contribution is -2.12. The van der Waals surface area contributed by atoms with E-state index in [0.29, 0.717) is 10.6 Å². The first-order valence-electron chi connectivity index (χ1n) is 6.71. The predicted octanol–water partition coefficient (Wildman–Crippen LogP) is 4.20. The number of ketones is 1. The third-order valence-electron chi connectivity index (χ3n) is 3.89. The summed E-state index contributed by atoms with van der Waals surface area (Å²) in [5.41, 5.74) is 5.33. The molecule has 0 fully saturated rings. The van der Waals surface area contributed by atoms with Gasteiger partial charge in [-0.3, -0.25) is 4.79 Å². The van der Waals surface area contributed by atoms with Crippen LogP contribution >= 0.6 is 11.6 Å². The van der Waals surface area contributed by atoms with Crippen LogP contribution in [-0.2, 0) is 6.42 Å². The summed E-state index contributed by atoms with van der Waals surface area (Å²) in [5.74, 6) is 0.0591. The van der Waals surface area contributed by atoms with E-state index in [4.69, 9.17) is 11.6 Å². The minimum absolute atomic E-state index is 0.0591. The number of halogens is 1. The molecule has 0 saturated heterocycles. The minimum atomic E-state index is 0.0591. The summed E-state index contributed by atoms with van der Waals surface area (Å²) >= 11 is 6.29. The minimum Gasteiger partial charge on any atom is -0.374 e. The van der Waals surface area contributed by atoms with E-state index in [2.05, 4.69) is 30.1 Å². The summed E-state index contributed by atoms with van der Waals surface area (Å²) in [7, 11) is 2.11. The maximum absolute atomic E-state index is 11.5. The van der Waals surface area contributed by atoms with E-state index in [1.165, 1.54) is 11.3 Å². The molecule has 0 N–H and O–H groups in total. The van der Waals surface area contributed by atoms with Crippen LogP contribution in [0.2, 0.25) is 5.02 Å². The molecule has 0 radical (unpaired) electrons. The van der Waals surface area contributed by atoms with Gasteiger partial charge in [-0.25, -0.2) is 0 Å². The van der Waals surface area contributed by atoms with Crippen molar-refractivity contribution in [2.24, 2.45) is 0 Å². The third kappa shape index (κ3) is 2.20. The lowest BCUT2D eigenvalue weighted by molar-refractivity contribution is 0.101. The van der Waals surface area contributed by atoms with Gasteiger partial charge in [0.2, 0.25) is 0 Å². The highest BCUT2D eigenvalue weighted by Gasteiger charge is 2.17. The Balaban J connectivity index is 2.09. The van der Waals surface area contributed by atoms with Crippen LogP contribution in [0.4, 0.5) is 5.69 Å². The molecule has 20 heavy (non-hydrogen) atoms. The van der Waals surface area contributed by atoms with Gasteiger partial charge in [0.1, 0.15) is 0 Å². The lowest BCUT2D eigenvalue weighted by Gasteiger charge is -2.13. The van der Waals surface area contributed by atoms with Gasteiger partial charge in [-0.1, -0.05) is 17.7 Å². The molecule has 1 aliphatic heterocycles. The van der Waals surface area contributed by atoms with Gasteiger partial charge >= 0.3 is 0 Å². The van der Waals surface area contributed by atoms with Crippen LogP contribution in [0, 0.1) is 0 Å². The van der Waals surface area contributed by atoms with Gasteiger partial charge in [-0.15, -0.1) is 0 Å². The van der Waals surface area contributed by atoms with Crippen molar-refractivity contribution in [1.82, 2.24) is 0 Å². The van der Waals surface area contributed by atoms with Gasteiger partial charge in [0.25, 0.3) is 0 Å². The molecule has 0 amide bonds. The van der Waals surface area contributed by atoms with Gasteiger partial charge in [0.05, 0.1) is 0 Å². The summed E-state index contributed by atoms with van der Waals surface area (Å²) < 4.78 is 0.